The van der Waals surface area contributed by atoms with Crippen molar-refractivity contribution in [3.8, 4) is 17.2 Å². The maximum absolute atomic E-state index is 12.9. The molecule has 0 bridgehead atoms. The van der Waals surface area contributed by atoms with E-state index in [4.69, 9.17) is 14.2 Å². The largest absolute Gasteiger partial charge is 0.497 e. The van der Waals surface area contributed by atoms with Crippen LogP contribution >= 0.6 is 0 Å². The van der Waals surface area contributed by atoms with E-state index in [-0.39, 0.29) is 17.4 Å². The molecule has 1 aliphatic rings. The summed E-state index contributed by atoms with van der Waals surface area (Å²) in [5.41, 5.74) is 0.292. The maximum atomic E-state index is 12.9. The maximum Gasteiger partial charge on any atom is 0.255 e. The summed E-state index contributed by atoms with van der Waals surface area (Å²) in [7, 11) is 3.01. The number of hydrogen-bond acceptors (Lipinski definition) is 6. The van der Waals surface area contributed by atoms with E-state index < -0.39 is 6.10 Å². The van der Waals surface area contributed by atoms with Gasteiger partial charge in [0.15, 0.2) is 23.4 Å². The number of Topliss-reactive ketones (excluding diaryl/α,β-unsaturated/α-hetero) is 1. The molecule has 7 nitrogen and oxygen atoms in total. The number of carbonyl (C=O) groups is 2. The van der Waals surface area contributed by atoms with Gasteiger partial charge in [-0.05, 0) is 45.8 Å². The van der Waals surface area contributed by atoms with Gasteiger partial charge in [0.25, 0.3) is 5.91 Å². The van der Waals surface area contributed by atoms with Gasteiger partial charge >= 0.3 is 0 Å². The molecule has 0 aliphatic carbocycles. The Morgan fingerprint density at radius 2 is 2.04 bits per heavy atom. The van der Waals surface area contributed by atoms with Gasteiger partial charge in [0.1, 0.15) is 5.75 Å². The Bertz CT molecular complexity index is 677. The zero-order chi connectivity index (χ0) is 20.0. The molecule has 1 aromatic carbocycles. The highest BCUT2D eigenvalue weighted by atomic mass is 16.5. The summed E-state index contributed by atoms with van der Waals surface area (Å²) in [5, 5.41) is 2.99. The molecule has 1 aliphatic heterocycles. The predicted molar refractivity (Wildman–Crippen MR) is 103 cm³/mol. The number of likely N-dealkylation sites (tertiary alicyclic amines) is 1. The topological polar surface area (TPSA) is 77.1 Å². The van der Waals surface area contributed by atoms with E-state index >= 15 is 0 Å². The number of rotatable bonds is 9. The molecular weight excluding hydrogens is 348 g/mol. The van der Waals surface area contributed by atoms with Crippen LogP contribution in [-0.2, 0) is 4.79 Å². The van der Waals surface area contributed by atoms with Crippen LogP contribution in [0.15, 0.2) is 12.1 Å². The van der Waals surface area contributed by atoms with Gasteiger partial charge in [-0.3, -0.25) is 14.5 Å². The van der Waals surface area contributed by atoms with Gasteiger partial charge in [-0.25, -0.2) is 0 Å². The third-order valence-corrected chi connectivity index (χ3v) is 5.00. The van der Waals surface area contributed by atoms with E-state index in [0.29, 0.717) is 29.6 Å². The number of nitrogens with one attached hydrogen (secondary N) is 1. The quantitative estimate of drug-likeness (QED) is 0.710. The third kappa shape index (κ3) is 5.13. The third-order valence-electron chi connectivity index (χ3n) is 5.00. The smallest absolute Gasteiger partial charge is 0.255 e. The second-order valence-electron chi connectivity index (χ2n) is 6.71. The summed E-state index contributed by atoms with van der Waals surface area (Å²) in [4.78, 5) is 26.9. The van der Waals surface area contributed by atoms with Crippen LogP contribution in [0.2, 0.25) is 0 Å². The first-order chi connectivity index (χ1) is 12.9. The van der Waals surface area contributed by atoms with E-state index in [1.807, 2.05) is 0 Å². The monoisotopic (exact) mass is 378 g/mol. The van der Waals surface area contributed by atoms with Crippen molar-refractivity contribution in [2.75, 3.05) is 33.9 Å². The molecule has 1 saturated heterocycles. The van der Waals surface area contributed by atoms with E-state index in [1.165, 1.54) is 21.1 Å². The minimum Gasteiger partial charge on any atom is -0.497 e. The summed E-state index contributed by atoms with van der Waals surface area (Å²) in [5.74, 6) is 0.668. The molecule has 1 heterocycles. The van der Waals surface area contributed by atoms with Crippen molar-refractivity contribution in [1.29, 1.82) is 0 Å². The number of ketones is 1. The molecular formula is C20H30N2O5. The van der Waals surface area contributed by atoms with Gasteiger partial charge in [0, 0.05) is 18.7 Å². The Balaban J connectivity index is 2.26. The second-order valence-corrected chi connectivity index (χ2v) is 6.71. The number of likely N-dealkylation sites (N-methyl/N-ethyl adjacent to an activating group) is 1. The number of ether oxygens (including phenoxy) is 3. The first-order valence-corrected chi connectivity index (χ1v) is 9.36. The summed E-state index contributed by atoms with van der Waals surface area (Å²) < 4.78 is 16.4. The highest BCUT2D eigenvalue weighted by molar-refractivity contribution is 5.98. The molecule has 7 heteroatoms. The van der Waals surface area contributed by atoms with Crippen LogP contribution < -0.4 is 19.5 Å². The molecule has 2 atom stereocenters. The van der Waals surface area contributed by atoms with Crippen LogP contribution in [0.1, 0.15) is 44.0 Å². The Labute approximate surface area is 161 Å². The first kappa shape index (κ1) is 21.0. The highest BCUT2D eigenvalue weighted by Crippen LogP contribution is 2.36. The Hall–Kier alpha value is -2.28. The van der Waals surface area contributed by atoms with Crippen LogP contribution in [0, 0.1) is 0 Å². The Morgan fingerprint density at radius 1 is 1.30 bits per heavy atom. The number of hydrogen-bond donors (Lipinski definition) is 1. The molecule has 2 rings (SSSR count). The van der Waals surface area contributed by atoms with Crippen LogP contribution in [0.3, 0.4) is 0 Å². The molecule has 150 valence electrons. The molecule has 27 heavy (non-hydrogen) atoms. The normalized spacial score (nSPS) is 18.0. The van der Waals surface area contributed by atoms with Crippen molar-refractivity contribution >= 4 is 11.7 Å². The summed E-state index contributed by atoms with van der Waals surface area (Å²) in [6.07, 6.45) is 1.52. The van der Waals surface area contributed by atoms with Crippen molar-refractivity contribution in [3.05, 3.63) is 17.7 Å². The highest BCUT2D eigenvalue weighted by Gasteiger charge is 2.26. The average molecular weight is 378 g/mol. The SMILES string of the molecule is CCN1CCCC1CNC(=O)c1cc(OC)cc(OC)c1OC(C)C(C)=O. The molecule has 2 unspecified atom stereocenters. The van der Waals surface area contributed by atoms with Crippen molar-refractivity contribution in [2.24, 2.45) is 0 Å². The van der Waals surface area contributed by atoms with Gasteiger partial charge in [-0.15, -0.1) is 0 Å². The van der Waals surface area contributed by atoms with E-state index in [9.17, 15) is 9.59 Å². The molecule has 0 aromatic heterocycles. The Morgan fingerprint density at radius 3 is 2.63 bits per heavy atom. The molecule has 1 amide bonds. The first-order valence-electron chi connectivity index (χ1n) is 9.36. The fourth-order valence-corrected chi connectivity index (χ4v) is 3.24. The lowest BCUT2D eigenvalue weighted by molar-refractivity contribution is -0.122. The second kappa shape index (κ2) is 9.60. The number of benzene rings is 1. The molecule has 0 saturated carbocycles. The van der Waals surface area contributed by atoms with Crippen LogP contribution in [0.25, 0.3) is 0 Å². The lowest BCUT2D eigenvalue weighted by Gasteiger charge is -2.23. The minimum atomic E-state index is -0.691. The van der Waals surface area contributed by atoms with Crippen LogP contribution in [0.5, 0.6) is 17.2 Å². The van der Waals surface area contributed by atoms with Crippen molar-refractivity contribution in [3.63, 3.8) is 0 Å². The number of methoxy groups -OCH3 is 2. The fourth-order valence-electron chi connectivity index (χ4n) is 3.24. The van der Waals surface area contributed by atoms with Gasteiger partial charge in [0.05, 0.1) is 19.8 Å². The minimum absolute atomic E-state index is 0.135. The predicted octanol–water partition coefficient (Wildman–Crippen LogP) is 2.27. The number of amides is 1. The number of carbonyl (C=O) groups excluding carboxylic acids is 2. The zero-order valence-corrected chi connectivity index (χ0v) is 16.8. The van der Waals surface area contributed by atoms with Crippen LogP contribution in [0.4, 0.5) is 0 Å². The van der Waals surface area contributed by atoms with Gasteiger partial charge in [0.2, 0.25) is 0 Å². The van der Waals surface area contributed by atoms with Crippen molar-refractivity contribution in [1.82, 2.24) is 10.2 Å². The van der Waals surface area contributed by atoms with E-state index in [0.717, 1.165) is 25.9 Å². The van der Waals surface area contributed by atoms with Gasteiger partial charge in [-0.2, -0.15) is 0 Å². The molecule has 1 aromatic rings. The summed E-state index contributed by atoms with van der Waals surface area (Å²) >= 11 is 0. The fraction of sp³-hybridized carbons (Fsp3) is 0.600. The zero-order valence-electron chi connectivity index (χ0n) is 16.8. The average Bonchev–Trinajstić information content (AvgIpc) is 3.13. The van der Waals surface area contributed by atoms with Crippen molar-refractivity contribution in [2.45, 2.75) is 45.8 Å². The van der Waals surface area contributed by atoms with Crippen LogP contribution in [-0.4, -0.2) is 62.6 Å². The molecule has 0 radical (unpaired) electrons. The Kier molecular flexibility index (Phi) is 7.47. The molecule has 1 fully saturated rings. The van der Waals surface area contributed by atoms with Gasteiger partial charge < -0.3 is 19.5 Å². The van der Waals surface area contributed by atoms with E-state index in [2.05, 4.69) is 17.1 Å². The van der Waals surface area contributed by atoms with Crippen molar-refractivity contribution < 1.29 is 23.8 Å². The number of nitrogens with zero attached hydrogens (tertiary/aromatic N) is 1. The lowest BCUT2D eigenvalue weighted by Crippen LogP contribution is -2.40. The standard InChI is InChI=1S/C20H30N2O5/c1-6-22-9-7-8-15(22)12-21-20(24)17-10-16(25-4)11-18(26-5)19(17)27-14(3)13(2)23/h10-11,14-15H,6-9,12H2,1-5H3,(H,21,24). The molecule has 0 spiro atoms. The lowest BCUT2D eigenvalue weighted by atomic mass is 10.1. The summed E-state index contributed by atoms with van der Waals surface area (Å²) in [6.45, 7) is 7.81. The summed E-state index contributed by atoms with van der Waals surface area (Å²) in [6, 6.07) is 3.58. The van der Waals surface area contributed by atoms with E-state index in [1.54, 1.807) is 19.1 Å². The van der Waals surface area contributed by atoms with Gasteiger partial charge in [-0.1, -0.05) is 6.92 Å². The molecule has 1 N–H and O–H groups in total.